The van der Waals surface area contributed by atoms with Gasteiger partial charge < -0.3 is 14.8 Å². The summed E-state index contributed by atoms with van der Waals surface area (Å²) in [4.78, 5) is 14.7. The minimum absolute atomic E-state index is 0.00545. The predicted octanol–water partition coefficient (Wildman–Crippen LogP) is 5.69. The molecule has 0 bridgehead atoms. The van der Waals surface area contributed by atoms with Gasteiger partial charge in [0.25, 0.3) is 0 Å². The van der Waals surface area contributed by atoms with Crippen molar-refractivity contribution in [2.75, 3.05) is 6.54 Å². The van der Waals surface area contributed by atoms with Gasteiger partial charge in [0.05, 0.1) is 6.54 Å². The van der Waals surface area contributed by atoms with Crippen molar-refractivity contribution in [1.29, 1.82) is 0 Å². The van der Waals surface area contributed by atoms with Crippen LogP contribution in [0.4, 0.5) is 4.79 Å². The average molecular weight is 390 g/mol. The Morgan fingerprint density at radius 1 is 1.19 bits per heavy atom. The third-order valence-corrected chi connectivity index (χ3v) is 4.55. The molecule has 0 radical (unpaired) electrons. The normalized spacial score (nSPS) is 11.4. The monoisotopic (exact) mass is 389 g/mol. The summed E-state index contributed by atoms with van der Waals surface area (Å²) in [5.74, 6) is 0. The standard InChI is InChI=1S/C22H32ClN3O/c1-5-6-7-13-26(21(27)24-22(2,3)4)17-20-12-9-14-25(20)16-18-10-8-11-19(23)15-18/h8-12,14-15H,5-7,13,16-17H2,1-4H3,(H,24,27). The Morgan fingerprint density at radius 3 is 2.63 bits per heavy atom. The summed E-state index contributed by atoms with van der Waals surface area (Å²) >= 11 is 6.11. The smallest absolute Gasteiger partial charge is 0.318 e. The second-order valence-electron chi connectivity index (χ2n) is 8.07. The van der Waals surface area contributed by atoms with Crippen LogP contribution in [-0.2, 0) is 13.1 Å². The van der Waals surface area contributed by atoms with Crippen LogP contribution in [0.5, 0.6) is 0 Å². The van der Waals surface area contributed by atoms with Crippen LogP contribution in [0.15, 0.2) is 42.6 Å². The Labute approximate surface area is 168 Å². The molecular weight excluding hydrogens is 358 g/mol. The third-order valence-electron chi connectivity index (χ3n) is 4.32. The molecule has 0 aliphatic heterocycles. The molecule has 4 nitrogen and oxygen atoms in total. The summed E-state index contributed by atoms with van der Waals surface area (Å²) in [7, 11) is 0. The molecule has 1 aromatic heterocycles. The van der Waals surface area contributed by atoms with E-state index in [-0.39, 0.29) is 11.6 Å². The molecule has 2 rings (SSSR count). The highest BCUT2D eigenvalue weighted by molar-refractivity contribution is 6.30. The number of unbranched alkanes of at least 4 members (excludes halogenated alkanes) is 2. The highest BCUT2D eigenvalue weighted by Gasteiger charge is 2.20. The van der Waals surface area contributed by atoms with E-state index in [2.05, 4.69) is 35.1 Å². The first-order chi connectivity index (χ1) is 12.8. The van der Waals surface area contributed by atoms with Crippen molar-refractivity contribution < 1.29 is 4.79 Å². The van der Waals surface area contributed by atoms with Gasteiger partial charge in [-0.25, -0.2) is 4.79 Å². The lowest BCUT2D eigenvalue weighted by Crippen LogP contribution is -2.48. The predicted molar refractivity (Wildman–Crippen MR) is 113 cm³/mol. The van der Waals surface area contributed by atoms with Gasteiger partial charge in [0.1, 0.15) is 0 Å². The molecule has 1 heterocycles. The highest BCUT2D eigenvalue weighted by Crippen LogP contribution is 2.15. The first-order valence-corrected chi connectivity index (χ1v) is 10.1. The van der Waals surface area contributed by atoms with Gasteiger partial charge in [-0.05, 0) is 57.0 Å². The van der Waals surface area contributed by atoms with Crippen LogP contribution >= 0.6 is 11.6 Å². The molecule has 2 aromatic rings. The molecule has 0 saturated heterocycles. The van der Waals surface area contributed by atoms with E-state index >= 15 is 0 Å². The average Bonchev–Trinajstić information content (AvgIpc) is 2.99. The van der Waals surface area contributed by atoms with Crippen LogP contribution in [0.25, 0.3) is 0 Å². The Kier molecular flexibility index (Phi) is 7.78. The minimum Gasteiger partial charge on any atom is -0.345 e. The summed E-state index contributed by atoms with van der Waals surface area (Å²) < 4.78 is 2.18. The minimum atomic E-state index is -0.247. The van der Waals surface area contributed by atoms with Crippen LogP contribution in [0.1, 0.15) is 58.2 Å². The van der Waals surface area contributed by atoms with Crippen LogP contribution in [0, 0.1) is 0 Å². The van der Waals surface area contributed by atoms with Crippen LogP contribution < -0.4 is 5.32 Å². The lowest BCUT2D eigenvalue weighted by Gasteiger charge is -2.29. The van der Waals surface area contributed by atoms with Crippen LogP contribution in [-0.4, -0.2) is 27.6 Å². The topological polar surface area (TPSA) is 37.3 Å². The van der Waals surface area contributed by atoms with Gasteiger partial charge in [0.2, 0.25) is 0 Å². The Balaban J connectivity index is 2.12. The summed E-state index contributed by atoms with van der Waals surface area (Å²) in [6.07, 6.45) is 5.34. The first-order valence-electron chi connectivity index (χ1n) is 9.74. The number of nitrogens with one attached hydrogen (secondary N) is 1. The summed E-state index contributed by atoms with van der Waals surface area (Å²) in [5, 5.41) is 3.84. The Bertz CT molecular complexity index is 733. The zero-order chi connectivity index (χ0) is 19.9. The number of benzene rings is 1. The van der Waals surface area contributed by atoms with Crippen molar-refractivity contribution in [2.24, 2.45) is 0 Å². The van der Waals surface area contributed by atoms with Gasteiger partial charge in [-0.2, -0.15) is 0 Å². The molecule has 0 fully saturated rings. The van der Waals surface area contributed by atoms with E-state index in [1.54, 1.807) is 0 Å². The van der Waals surface area contributed by atoms with Crippen molar-refractivity contribution in [3.8, 4) is 0 Å². The number of carbonyl (C=O) groups excluding carboxylic acids is 1. The number of amides is 2. The zero-order valence-electron chi connectivity index (χ0n) is 17.0. The quantitative estimate of drug-likeness (QED) is 0.578. The molecule has 148 valence electrons. The SMILES string of the molecule is CCCCCN(Cc1cccn1Cc1cccc(Cl)c1)C(=O)NC(C)(C)C. The fourth-order valence-electron chi connectivity index (χ4n) is 2.98. The van der Waals surface area contributed by atoms with Crippen molar-refractivity contribution in [2.45, 2.75) is 65.6 Å². The number of nitrogens with zero attached hydrogens (tertiary/aromatic N) is 2. The van der Waals surface area contributed by atoms with Crippen molar-refractivity contribution in [1.82, 2.24) is 14.8 Å². The molecule has 0 aliphatic carbocycles. The van der Waals surface area contributed by atoms with Gasteiger partial charge >= 0.3 is 6.03 Å². The summed E-state index contributed by atoms with van der Waals surface area (Å²) in [6.45, 7) is 10.3. The van der Waals surface area contributed by atoms with Crippen LogP contribution in [0.2, 0.25) is 5.02 Å². The molecule has 0 atom stereocenters. The van der Waals surface area contributed by atoms with Gasteiger partial charge in [-0.1, -0.05) is 43.5 Å². The Morgan fingerprint density at radius 2 is 1.96 bits per heavy atom. The van der Waals surface area contributed by atoms with E-state index in [0.717, 1.165) is 48.6 Å². The Hall–Kier alpha value is -1.94. The first kappa shape index (κ1) is 21.4. The molecule has 27 heavy (non-hydrogen) atoms. The molecule has 0 saturated carbocycles. The maximum atomic E-state index is 12.8. The fraction of sp³-hybridized carbons (Fsp3) is 0.500. The van der Waals surface area contributed by atoms with E-state index < -0.39 is 0 Å². The van der Waals surface area contributed by atoms with E-state index in [1.165, 1.54) is 0 Å². The maximum Gasteiger partial charge on any atom is 0.318 e. The lowest BCUT2D eigenvalue weighted by molar-refractivity contribution is 0.183. The number of aromatic nitrogens is 1. The number of hydrogen-bond donors (Lipinski definition) is 1. The van der Waals surface area contributed by atoms with E-state index in [1.807, 2.05) is 49.9 Å². The van der Waals surface area contributed by atoms with Gasteiger partial charge in [0, 0.05) is 35.5 Å². The molecule has 2 amide bonds. The van der Waals surface area contributed by atoms with E-state index in [4.69, 9.17) is 11.6 Å². The summed E-state index contributed by atoms with van der Waals surface area (Å²) in [5.41, 5.74) is 2.02. The van der Waals surface area contributed by atoms with E-state index in [0.29, 0.717) is 6.54 Å². The lowest BCUT2D eigenvalue weighted by atomic mass is 10.1. The zero-order valence-corrected chi connectivity index (χ0v) is 17.7. The fourth-order valence-corrected chi connectivity index (χ4v) is 3.19. The molecular formula is C22H32ClN3O. The summed E-state index contributed by atoms with van der Waals surface area (Å²) in [6, 6.07) is 12.0. The molecule has 0 spiro atoms. The third kappa shape index (κ3) is 7.30. The molecule has 0 unspecified atom stereocenters. The van der Waals surface area contributed by atoms with Crippen LogP contribution in [0.3, 0.4) is 0 Å². The van der Waals surface area contributed by atoms with Crippen molar-refractivity contribution >= 4 is 17.6 Å². The van der Waals surface area contributed by atoms with Gasteiger partial charge in [-0.15, -0.1) is 0 Å². The van der Waals surface area contributed by atoms with Gasteiger partial charge in [0.15, 0.2) is 0 Å². The second kappa shape index (κ2) is 9.84. The second-order valence-corrected chi connectivity index (χ2v) is 8.50. The number of urea groups is 1. The highest BCUT2D eigenvalue weighted by atomic mass is 35.5. The largest absolute Gasteiger partial charge is 0.345 e. The molecule has 0 aliphatic rings. The number of rotatable bonds is 8. The van der Waals surface area contributed by atoms with Gasteiger partial charge in [-0.3, -0.25) is 0 Å². The van der Waals surface area contributed by atoms with Crippen molar-refractivity contribution in [3.05, 3.63) is 58.9 Å². The van der Waals surface area contributed by atoms with E-state index in [9.17, 15) is 4.79 Å². The number of hydrogen-bond acceptors (Lipinski definition) is 1. The maximum absolute atomic E-state index is 12.8. The van der Waals surface area contributed by atoms with Crippen molar-refractivity contribution in [3.63, 3.8) is 0 Å². The number of halogens is 1. The molecule has 1 N–H and O–H groups in total. The molecule has 5 heteroatoms. The molecule has 1 aromatic carbocycles. The number of carbonyl (C=O) groups is 1.